The molecule has 0 aromatic heterocycles. The Balaban J connectivity index is 2.29. The Labute approximate surface area is 122 Å². The average molecular weight is 287 g/mol. The maximum Gasteiger partial charge on any atom is 0.269 e. The number of benzene rings is 1. The molecule has 0 saturated carbocycles. The minimum atomic E-state index is -0.413. The molecule has 2 rings (SSSR count). The molecule has 110 valence electrons. The van der Waals surface area contributed by atoms with E-state index in [1.54, 1.807) is 24.7 Å². The Morgan fingerprint density at radius 1 is 1.29 bits per heavy atom. The molecular formula is C14H17N5O2. The van der Waals surface area contributed by atoms with Gasteiger partial charge in [-0.1, -0.05) is 0 Å². The van der Waals surface area contributed by atoms with E-state index in [2.05, 4.69) is 15.4 Å². The molecule has 7 nitrogen and oxygen atoms in total. The van der Waals surface area contributed by atoms with Crippen LogP contribution in [0.4, 0.5) is 5.69 Å². The molecule has 0 atom stereocenters. The lowest BCUT2D eigenvalue weighted by Crippen LogP contribution is -2.40. The topological polar surface area (TPSA) is 83.1 Å². The highest BCUT2D eigenvalue weighted by Gasteiger charge is 2.11. The third-order valence-electron chi connectivity index (χ3n) is 2.91. The molecule has 0 aliphatic carbocycles. The molecule has 1 N–H and O–H groups in total. The molecule has 1 heterocycles. The SMILES string of the molecule is CC(C)N1C=NCN=CC=C(c2ccc([N+](=O)[O-])cc2)N1. The van der Waals surface area contributed by atoms with Gasteiger partial charge in [0.2, 0.25) is 0 Å². The second kappa shape index (κ2) is 6.65. The summed E-state index contributed by atoms with van der Waals surface area (Å²) < 4.78 is 0. The van der Waals surface area contributed by atoms with Crippen LogP contribution in [0.15, 0.2) is 40.3 Å². The molecule has 0 spiro atoms. The minimum absolute atomic E-state index is 0.0679. The van der Waals surface area contributed by atoms with E-state index in [0.29, 0.717) is 6.67 Å². The normalized spacial score (nSPS) is 15.0. The summed E-state index contributed by atoms with van der Waals surface area (Å²) in [6.45, 7) is 4.44. The van der Waals surface area contributed by atoms with E-state index < -0.39 is 4.92 Å². The smallest absolute Gasteiger partial charge is 0.269 e. The van der Waals surface area contributed by atoms with Crippen molar-refractivity contribution in [3.63, 3.8) is 0 Å². The molecule has 0 fully saturated rings. The van der Waals surface area contributed by atoms with E-state index in [-0.39, 0.29) is 11.7 Å². The Bertz CT molecular complexity index is 590. The van der Waals surface area contributed by atoms with Gasteiger partial charge in [-0.3, -0.25) is 30.5 Å². The first-order valence-electron chi connectivity index (χ1n) is 6.58. The first-order chi connectivity index (χ1) is 10.1. The van der Waals surface area contributed by atoms with Crippen LogP contribution in [0, 0.1) is 10.1 Å². The Morgan fingerprint density at radius 2 is 2.00 bits per heavy atom. The van der Waals surface area contributed by atoms with Crippen LogP contribution in [0.5, 0.6) is 0 Å². The number of nitrogens with one attached hydrogen (secondary N) is 1. The summed E-state index contributed by atoms with van der Waals surface area (Å²) in [4.78, 5) is 18.6. The predicted octanol–water partition coefficient (Wildman–Crippen LogP) is 2.22. The molecule has 7 heteroatoms. The summed E-state index contributed by atoms with van der Waals surface area (Å²) in [5, 5.41) is 12.6. The van der Waals surface area contributed by atoms with Gasteiger partial charge in [0.05, 0.1) is 10.6 Å². The fourth-order valence-electron chi connectivity index (χ4n) is 1.74. The van der Waals surface area contributed by atoms with Gasteiger partial charge in [-0.15, -0.1) is 0 Å². The number of nitro groups is 1. The van der Waals surface area contributed by atoms with Gasteiger partial charge in [-0.25, -0.2) is 0 Å². The summed E-state index contributed by atoms with van der Waals surface area (Å²) in [5.41, 5.74) is 4.95. The van der Waals surface area contributed by atoms with E-state index >= 15 is 0 Å². The van der Waals surface area contributed by atoms with Gasteiger partial charge in [0.25, 0.3) is 5.69 Å². The number of nitrogens with zero attached hydrogens (tertiary/aromatic N) is 4. The summed E-state index contributed by atoms with van der Waals surface area (Å²) >= 11 is 0. The monoisotopic (exact) mass is 287 g/mol. The van der Waals surface area contributed by atoms with Crippen molar-refractivity contribution < 1.29 is 4.92 Å². The Hall–Kier alpha value is -2.70. The maximum absolute atomic E-state index is 10.7. The third-order valence-corrected chi connectivity index (χ3v) is 2.91. The number of hydrogen-bond acceptors (Lipinski definition) is 6. The predicted molar refractivity (Wildman–Crippen MR) is 83.0 cm³/mol. The van der Waals surface area contributed by atoms with Crippen molar-refractivity contribution in [3.05, 3.63) is 46.0 Å². The standard InChI is InChI=1S/C14H17N5O2/c1-11(2)18-10-16-9-15-8-7-14(17-18)12-3-5-13(6-4-12)19(20)21/h3-8,10-11,17H,9H2,1-2H3. The number of rotatable bonds is 3. The molecule has 1 aliphatic heterocycles. The van der Waals surface area contributed by atoms with Crippen LogP contribution in [0.1, 0.15) is 19.4 Å². The molecule has 1 aromatic rings. The third kappa shape index (κ3) is 3.88. The van der Waals surface area contributed by atoms with Crippen LogP contribution >= 0.6 is 0 Å². The van der Waals surface area contributed by atoms with E-state index in [1.807, 2.05) is 24.9 Å². The first kappa shape index (κ1) is 14.7. The van der Waals surface area contributed by atoms with E-state index in [9.17, 15) is 10.1 Å². The van der Waals surface area contributed by atoms with Crippen molar-refractivity contribution in [3.8, 4) is 0 Å². The van der Waals surface area contributed by atoms with Crippen molar-refractivity contribution >= 4 is 23.9 Å². The lowest BCUT2D eigenvalue weighted by molar-refractivity contribution is -0.384. The molecule has 0 bridgehead atoms. The molecule has 0 unspecified atom stereocenters. The second-order valence-electron chi connectivity index (χ2n) is 4.77. The van der Waals surface area contributed by atoms with Crippen molar-refractivity contribution in [2.45, 2.75) is 19.9 Å². The van der Waals surface area contributed by atoms with Crippen molar-refractivity contribution in [2.24, 2.45) is 9.98 Å². The molecule has 0 amide bonds. The highest BCUT2D eigenvalue weighted by atomic mass is 16.6. The lowest BCUT2D eigenvalue weighted by atomic mass is 10.1. The molecule has 1 aliphatic rings. The molecule has 0 radical (unpaired) electrons. The zero-order valence-corrected chi connectivity index (χ0v) is 11.9. The second-order valence-corrected chi connectivity index (χ2v) is 4.77. The zero-order chi connectivity index (χ0) is 15.2. The highest BCUT2D eigenvalue weighted by molar-refractivity contribution is 5.84. The number of hydrogen-bond donors (Lipinski definition) is 1. The van der Waals surface area contributed by atoms with Crippen molar-refractivity contribution in [1.82, 2.24) is 10.4 Å². The Kier molecular flexibility index (Phi) is 4.65. The molecular weight excluding hydrogens is 270 g/mol. The van der Waals surface area contributed by atoms with E-state index in [1.165, 1.54) is 12.1 Å². The first-order valence-corrected chi connectivity index (χ1v) is 6.58. The molecule has 0 saturated heterocycles. The average Bonchev–Trinajstić information content (AvgIpc) is 2.59. The minimum Gasteiger partial charge on any atom is -0.297 e. The van der Waals surface area contributed by atoms with Crippen LogP contribution in [-0.4, -0.2) is 35.2 Å². The zero-order valence-electron chi connectivity index (χ0n) is 11.9. The van der Waals surface area contributed by atoms with Gasteiger partial charge >= 0.3 is 0 Å². The van der Waals surface area contributed by atoms with Gasteiger partial charge in [0, 0.05) is 24.4 Å². The van der Waals surface area contributed by atoms with Crippen LogP contribution in [0.3, 0.4) is 0 Å². The number of non-ortho nitro benzene ring substituents is 1. The maximum atomic E-state index is 10.7. The van der Waals surface area contributed by atoms with Gasteiger partial charge in [0.1, 0.15) is 13.0 Å². The molecule has 21 heavy (non-hydrogen) atoms. The summed E-state index contributed by atoms with van der Waals surface area (Å²) in [6.07, 6.45) is 5.20. The van der Waals surface area contributed by atoms with E-state index in [4.69, 9.17) is 0 Å². The van der Waals surface area contributed by atoms with Crippen molar-refractivity contribution in [2.75, 3.05) is 6.67 Å². The Morgan fingerprint density at radius 3 is 2.62 bits per heavy atom. The van der Waals surface area contributed by atoms with Crippen LogP contribution < -0.4 is 5.43 Å². The van der Waals surface area contributed by atoms with Gasteiger partial charge < -0.3 is 0 Å². The quantitative estimate of drug-likeness (QED) is 0.682. The van der Waals surface area contributed by atoms with Crippen LogP contribution in [0.2, 0.25) is 0 Å². The summed E-state index contributed by atoms with van der Waals surface area (Å²) in [5.74, 6) is 0. The number of aliphatic imine (C=N–C) groups is 2. The van der Waals surface area contributed by atoms with Crippen LogP contribution in [0.25, 0.3) is 5.70 Å². The van der Waals surface area contributed by atoms with Crippen LogP contribution in [-0.2, 0) is 0 Å². The fraction of sp³-hybridized carbons (Fsp3) is 0.286. The molecule has 1 aromatic carbocycles. The van der Waals surface area contributed by atoms with Crippen molar-refractivity contribution in [1.29, 1.82) is 0 Å². The van der Waals surface area contributed by atoms with Gasteiger partial charge in [0.15, 0.2) is 0 Å². The summed E-state index contributed by atoms with van der Waals surface area (Å²) in [6, 6.07) is 6.58. The number of allylic oxidation sites excluding steroid dienone is 1. The largest absolute Gasteiger partial charge is 0.297 e. The lowest BCUT2D eigenvalue weighted by Gasteiger charge is -2.26. The number of nitro benzene ring substituents is 1. The van der Waals surface area contributed by atoms with Gasteiger partial charge in [-0.2, -0.15) is 0 Å². The van der Waals surface area contributed by atoms with Gasteiger partial charge in [-0.05, 0) is 37.6 Å². The fourth-order valence-corrected chi connectivity index (χ4v) is 1.74. The number of hydrazine groups is 1. The highest BCUT2D eigenvalue weighted by Crippen LogP contribution is 2.17. The summed E-state index contributed by atoms with van der Waals surface area (Å²) in [7, 11) is 0. The van der Waals surface area contributed by atoms with E-state index in [0.717, 1.165) is 11.3 Å².